The Morgan fingerprint density at radius 1 is 1.10 bits per heavy atom. The first-order valence-electron chi connectivity index (χ1n) is 10.5. The van der Waals surface area contributed by atoms with E-state index in [-0.39, 0.29) is 12.0 Å². The van der Waals surface area contributed by atoms with Crippen molar-refractivity contribution < 1.29 is 28.4 Å². The Kier molecular flexibility index (Phi) is 7.11. The highest BCUT2D eigenvalue weighted by Crippen LogP contribution is 2.41. The Morgan fingerprint density at radius 2 is 1.62 bits per heavy atom. The van der Waals surface area contributed by atoms with Crippen molar-refractivity contribution >= 4 is 19.2 Å². The number of hydrogen-bond acceptors (Lipinski definition) is 6. The first-order chi connectivity index (χ1) is 13.3. The molecule has 7 nitrogen and oxygen atoms in total. The van der Waals surface area contributed by atoms with Crippen LogP contribution < -0.4 is 0 Å². The normalized spacial score (nSPS) is 22.6. The van der Waals surface area contributed by atoms with Gasteiger partial charge < -0.3 is 23.7 Å². The third-order valence-corrected chi connectivity index (χ3v) is 5.71. The van der Waals surface area contributed by atoms with Gasteiger partial charge in [-0.3, -0.25) is 0 Å². The molecular formula is C21H36BNO6. The second-order valence-electron chi connectivity index (χ2n) is 9.73. The SMILES string of the molecule is CCOC(=O)/C=C(\B1OC(C)(C)C(C)(C)O1)C1CCN(C(=O)OC(C)(C)C)CC1. The van der Waals surface area contributed by atoms with E-state index in [1.165, 1.54) is 6.08 Å². The van der Waals surface area contributed by atoms with Gasteiger partial charge in [-0.2, -0.15) is 0 Å². The molecule has 29 heavy (non-hydrogen) atoms. The number of hydrogen-bond donors (Lipinski definition) is 0. The lowest BCUT2D eigenvalue weighted by Crippen LogP contribution is -2.43. The topological polar surface area (TPSA) is 74.3 Å². The van der Waals surface area contributed by atoms with E-state index in [2.05, 4.69) is 0 Å². The summed E-state index contributed by atoms with van der Waals surface area (Å²) in [6.45, 7) is 16.7. The second-order valence-corrected chi connectivity index (χ2v) is 9.73. The summed E-state index contributed by atoms with van der Waals surface area (Å²) in [5, 5.41) is 0. The zero-order chi connectivity index (χ0) is 22.0. The summed E-state index contributed by atoms with van der Waals surface area (Å²) in [4.78, 5) is 26.3. The van der Waals surface area contributed by atoms with Crippen molar-refractivity contribution in [3.63, 3.8) is 0 Å². The molecule has 0 aromatic rings. The molecule has 164 valence electrons. The summed E-state index contributed by atoms with van der Waals surface area (Å²) >= 11 is 0. The molecule has 0 saturated carbocycles. The highest BCUT2D eigenvalue weighted by molar-refractivity contribution is 6.55. The van der Waals surface area contributed by atoms with Gasteiger partial charge in [0.2, 0.25) is 0 Å². The van der Waals surface area contributed by atoms with Crippen molar-refractivity contribution in [3.8, 4) is 0 Å². The number of allylic oxidation sites excluding steroid dienone is 1. The molecule has 0 aliphatic carbocycles. The number of carbonyl (C=O) groups is 2. The van der Waals surface area contributed by atoms with Crippen LogP contribution in [0.25, 0.3) is 0 Å². The van der Waals surface area contributed by atoms with Gasteiger partial charge in [-0.15, -0.1) is 0 Å². The van der Waals surface area contributed by atoms with Crippen LogP contribution in [0.15, 0.2) is 11.5 Å². The van der Waals surface area contributed by atoms with E-state index in [0.717, 1.165) is 5.47 Å². The highest BCUT2D eigenvalue weighted by Gasteiger charge is 2.53. The van der Waals surface area contributed by atoms with Gasteiger partial charge in [-0.05, 0) is 79.6 Å². The molecule has 2 aliphatic heterocycles. The smallest absolute Gasteiger partial charge is 0.463 e. The number of rotatable bonds is 4. The maximum absolute atomic E-state index is 12.3. The molecule has 0 N–H and O–H groups in total. The summed E-state index contributed by atoms with van der Waals surface area (Å²) in [5.41, 5.74) is -0.734. The molecule has 2 aliphatic rings. The molecule has 0 atom stereocenters. The minimum absolute atomic E-state index is 0.0628. The van der Waals surface area contributed by atoms with Crippen molar-refractivity contribution in [2.45, 2.75) is 85.0 Å². The average Bonchev–Trinajstić information content (AvgIpc) is 2.79. The van der Waals surface area contributed by atoms with Crippen LogP contribution in [0.2, 0.25) is 0 Å². The third-order valence-electron chi connectivity index (χ3n) is 5.71. The van der Waals surface area contributed by atoms with E-state index in [0.29, 0.717) is 32.5 Å². The molecule has 0 aromatic carbocycles. The first-order valence-corrected chi connectivity index (χ1v) is 10.5. The number of amides is 1. The minimum Gasteiger partial charge on any atom is -0.463 e. The monoisotopic (exact) mass is 409 g/mol. The highest BCUT2D eigenvalue weighted by atomic mass is 16.7. The van der Waals surface area contributed by atoms with Crippen molar-refractivity contribution in [1.29, 1.82) is 0 Å². The molecule has 1 amide bonds. The Labute approximate surface area is 175 Å². The van der Waals surface area contributed by atoms with E-state index in [1.807, 2.05) is 48.5 Å². The van der Waals surface area contributed by atoms with Crippen LogP contribution in [0, 0.1) is 5.92 Å². The number of likely N-dealkylation sites (tertiary alicyclic amines) is 1. The fourth-order valence-corrected chi connectivity index (χ4v) is 3.40. The van der Waals surface area contributed by atoms with E-state index in [1.54, 1.807) is 11.8 Å². The van der Waals surface area contributed by atoms with Gasteiger partial charge in [0, 0.05) is 19.2 Å². The predicted octanol–water partition coefficient (Wildman–Crippen LogP) is 3.75. The van der Waals surface area contributed by atoms with E-state index in [4.69, 9.17) is 18.8 Å². The molecular weight excluding hydrogens is 373 g/mol. The number of nitrogens with zero attached hydrogens (tertiary/aromatic N) is 1. The lowest BCUT2D eigenvalue weighted by Gasteiger charge is -2.34. The molecule has 2 fully saturated rings. The summed E-state index contributed by atoms with van der Waals surface area (Å²) in [7, 11) is -0.609. The van der Waals surface area contributed by atoms with Crippen LogP contribution in [0.1, 0.15) is 68.2 Å². The molecule has 0 radical (unpaired) electrons. The quantitative estimate of drug-likeness (QED) is 0.400. The fourth-order valence-electron chi connectivity index (χ4n) is 3.40. The summed E-state index contributed by atoms with van der Waals surface area (Å²) in [6.07, 6.45) is 2.62. The van der Waals surface area contributed by atoms with E-state index < -0.39 is 29.9 Å². The molecule has 2 saturated heterocycles. The zero-order valence-electron chi connectivity index (χ0n) is 19.2. The van der Waals surface area contributed by atoms with Gasteiger partial charge >= 0.3 is 19.2 Å². The summed E-state index contributed by atoms with van der Waals surface area (Å²) in [5.74, 6) is -0.334. The number of piperidine rings is 1. The third kappa shape index (κ3) is 5.98. The van der Waals surface area contributed by atoms with Gasteiger partial charge in [0.05, 0.1) is 17.8 Å². The van der Waals surface area contributed by atoms with Gasteiger partial charge in [-0.1, -0.05) is 0 Å². The van der Waals surface area contributed by atoms with Crippen LogP contribution in [-0.4, -0.2) is 60.6 Å². The Morgan fingerprint density at radius 3 is 2.07 bits per heavy atom. The van der Waals surface area contributed by atoms with Gasteiger partial charge in [0.15, 0.2) is 0 Å². The van der Waals surface area contributed by atoms with Gasteiger partial charge in [0.1, 0.15) is 5.60 Å². The van der Waals surface area contributed by atoms with Crippen LogP contribution >= 0.6 is 0 Å². The molecule has 0 unspecified atom stereocenters. The Balaban J connectivity index is 2.14. The molecule has 8 heteroatoms. The maximum atomic E-state index is 12.3. The van der Waals surface area contributed by atoms with Crippen LogP contribution in [0.4, 0.5) is 4.79 Å². The Bertz CT molecular complexity index is 628. The number of ether oxygens (including phenoxy) is 2. The molecule has 2 rings (SSSR count). The van der Waals surface area contributed by atoms with E-state index >= 15 is 0 Å². The van der Waals surface area contributed by atoms with Gasteiger partial charge in [-0.25, -0.2) is 9.59 Å². The second kappa shape index (κ2) is 8.68. The number of carbonyl (C=O) groups excluding carboxylic acids is 2. The van der Waals surface area contributed by atoms with Crippen LogP contribution in [-0.2, 0) is 23.6 Å². The molecule has 2 heterocycles. The largest absolute Gasteiger partial charge is 0.491 e. The number of esters is 1. The van der Waals surface area contributed by atoms with Crippen molar-refractivity contribution in [2.24, 2.45) is 5.92 Å². The molecule has 0 spiro atoms. The lowest BCUT2D eigenvalue weighted by molar-refractivity contribution is -0.137. The average molecular weight is 409 g/mol. The lowest BCUT2D eigenvalue weighted by atomic mass is 9.67. The molecule has 0 aromatic heterocycles. The Hall–Kier alpha value is -1.54. The van der Waals surface area contributed by atoms with Gasteiger partial charge in [0.25, 0.3) is 0 Å². The van der Waals surface area contributed by atoms with Crippen molar-refractivity contribution in [2.75, 3.05) is 19.7 Å². The predicted molar refractivity (Wildman–Crippen MR) is 111 cm³/mol. The molecule has 0 bridgehead atoms. The minimum atomic E-state index is -0.609. The van der Waals surface area contributed by atoms with Crippen LogP contribution in [0.5, 0.6) is 0 Å². The first kappa shape index (κ1) is 23.7. The van der Waals surface area contributed by atoms with Crippen LogP contribution in [0.3, 0.4) is 0 Å². The summed E-state index contributed by atoms with van der Waals surface area (Å²) < 4.78 is 23.0. The standard InChI is InChI=1S/C21H36BNO6/c1-9-26-17(24)14-16(22-28-20(5,6)21(7,8)29-22)15-10-12-23(13-11-15)18(25)27-19(2,3)4/h14-15H,9-13H2,1-8H3/b16-14-. The fraction of sp³-hybridized carbons (Fsp3) is 0.810. The van der Waals surface area contributed by atoms with Crippen molar-refractivity contribution in [3.05, 3.63) is 11.5 Å². The maximum Gasteiger partial charge on any atom is 0.491 e. The van der Waals surface area contributed by atoms with E-state index in [9.17, 15) is 9.59 Å². The van der Waals surface area contributed by atoms with Crippen molar-refractivity contribution in [1.82, 2.24) is 4.90 Å². The zero-order valence-corrected chi connectivity index (χ0v) is 19.2. The summed E-state index contributed by atoms with van der Waals surface area (Å²) in [6, 6.07) is 0.